The highest BCUT2D eigenvalue weighted by Gasteiger charge is 2.39. The fourth-order valence-corrected chi connectivity index (χ4v) is 4.87. The molecular formula is C25H33FN6O3. The van der Waals surface area contributed by atoms with E-state index in [1.165, 1.54) is 10.7 Å². The second-order valence-electron chi connectivity index (χ2n) is 10.9. The van der Waals surface area contributed by atoms with Gasteiger partial charge in [0.2, 0.25) is 5.89 Å². The molecule has 35 heavy (non-hydrogen) atoms. The van der Waals surface area contributed by atoms with Crippen LogP contribution < -0.4 is 0 Å². The number of benzene rings is 1. The van der Waals surface area contributed by atoms with Gasteiger partial charge in [0.05, 0.1) is 5.69 Å². The molecule has 0 aliphatic carbocycles. The van der Waals surface area contributed by atoms with Gasteiger partial charge in [-0.15, -0.1) is 0 Å². The highest BCUT2D eigenvalue weighted by molar-refractivity contribution is 5.84. The summed E-state index contributed by atoms with van der Waals surface area (Å²) in [4.78, 5) is 21.0. The number of carbonyl (C=O) groups is 1. The Balaban J connectivity index is 1.22. The molecule has 1 amide bonds. The van der Waals surface area contributed by atoms with E-state index >= 15 is 0 Å². The van der Waals surface area contributed by atoms with Gasteiger partial charge in [-0.1, -0.05) is 26.0 Å². The first kappa shape index (κ1) is 23.7. The molecule has 10 heteroatoms. The third-order valence-electron chi connectivity index (χ3n) is 6.76. The summed E-state index contributed by atoms with van der Waals surface area (Å²) in [5.74, 6) is 0.744. The monoisotopic (exact) mass is 484 g/mol. The van der Waals surface area contributed by atoms with E-state index in [4.69, 9.17) is 9.26 Å². The largest absolute Gasteiger partial charge is 0.444 e. The second kappa shape index (κ2) is 8.89. The van der Waals surface area contributed by atoms with Crippen molar-refractivity contribution in [2.24, 2.45) is 0 Å². The van der Waals surface area contributed by atoms with Crippen LogP contribution in [0.25, 0.3) is 16.9 Å². The second-order valence-corrected chi connectivity index (χ2v) is 10.9. The highest BCUT2D eigenvalue weighted by atomic mass is 19.1. The minimum absolute atomic E-state index is 0.133. The van der Waals surface area contributed by atoms with E-state index in [1.54, 1.807) is 11.0 Å². The summed E-state index contributed by atoms with van der Waals surface area (Å²) in [6.07, 6.45) is 1.52. The number of hydrogen-bond acceptors (Lipinski definition) is 7. The Morgan fingerprint density at radius 3 is 2.57 bits per heavy atom. The van der Waals surface area contributed by atoms with Crippen LogP contribution in [0.15, 0.2) is 22.7 Å². The van der Waals surface area contributed by atoms with Gasteiger partial charge in [-0.3, -0.25) is 4.90 Å². The van der Waals surface area contributed by atoms with E-state index in [1.807, 2.05) is 40.7 Å². The number of nitrogens with zero attached hydrogens (tertiary/aromatic N) is 6. The number of hydrogen-bond donors (Lipinski definition) is 0. The van der Waals surface area contributed by atoms with E-state index in [0.29, 0.717) is 30.5 Å². The molecule has 0 N–H and O–H groups in total. The van der Waals surface area contributed by atoms with E-state index in [-0.39, 0.29) is 29.7 Å². The zero-order valence-corrected chi connectivity index (χ0v) is 21.0. The van der Waals surface area contributed by atoms with Gasteiger partial charge in [0.15, 0.2) is 0 Å². The van der Waals surface area contributed by atoms with Crippen LogP contribution in [0.4, 0.5) is 9.18 Å². The van der Waals surface area contributed by atoms with Gasteiger partial charge in [-0.25, -0.2) is 9.18 Å². The summed E-state index contributed by atoms with van der Waals surface area (Å²) in [5.41, 5.74) is 0.701. The van der Waals surface area contributed by atoms with Crippen LogP contribution in [0, 0.1) is 5.82 Å². The molecule has 0 unspecified atom stereocenters. The number of carbonyl (C=O) groups excluding carboxylic acids is 1. The number of para-hydroxylation sites is 1. The van der Waals surface area contributed by atoms with Crippen molar-refractivity contribution in [1.82, 2.24) is 29.7 Å². The van der Waals surface area contributed by atoms with Crippen molar-refractivity contribution in [1.29, 1.82) is 0 Å². The topological polar surface area (TPSA) is 89.5 Å². The summed E-state index contributed by atoms with van der Waals surface area (Å²) in [7, 11) is 0. The van der Waals surface area contributed by atoms with Crippen LogP contribution in [0.5, 0.6) is 0 Å². The molecule has 0 atom stereocenters. The van der Waals surface area contributed by atoms with Crippen molar-refractivity contribution >= 4 is 17.0 Å². The number of rotatable bonds is 4. The van der Waals surface area contributed by atoms with E-state index in [9.17, 15) is 9.18 Å². The lowest BCUT2D eigenvalue weighted by atomic mass is 9.94. The number of amides is 1. The number of likely N-dealkylation sites (tertiary alicyclic amines) is 2. The fraction of sp³-hybridized carbons (Fsp3) is 0.600. The van der Waals surface area contributed by atoms with Crippen molar-refractivity contribution in [2.45, 2.75) is 70.9 Å². The maximum Gasteiger partial charge on any atom is 0.410 e. The first-order valence-electron chi connectivity index (χ1n) is 12.3. The molecule has 9 nitrogen and oxygen atoms in total. The molecule has 0 saturated carbocycles. The summed E-state index contributed by atoms with van der Waals surface area (Å²) in [5, 5.41) is 9.52. The molecule has 1 aromatic carbocycles. The fourth-order valence-electron chi connectivity index (χ4n) is 4.87. The number of fused-ring (bicyclic) bond motifs is 1. The first-order chi connectivity index (χ1) is 16.6. The normalized spacial score (nSPS) is 18.4. The quantitative estimate of drug-likeness (QED) is 0.540. The van der Waals surface area contributed by atoms with Crippen molar-refractivity contribution in [3.8, 4) is 5.95 Å². The average Bonchev–Trinajstić information content (AvgIpc) is 3.37. The van der Waals surface area contributed by atoms with E-state index in [0.717, 1.165) is 37.0 Å². The van der Waals surface area contributed by atoms with Gasteiger partial charge in [0.1, 0.15) is 16.9 Å². The summed E-state index contributed by atoms with van der Waals surface area (Å²) in [6.45, 7) is 12.9. The maximum absolute atomic E-state index is 14.7. The Kier molecular flexibility index (Phi) is 6.03. The van der Waals surface area contributed by atoms with Gasteiger partial charge < -0.3 is 14.2 Å². The third-order valence-corrected chi connectivity index (χ3v) is 6.76. The van der Waals surface area contributed by atoms with E-state index < -0.39 is 5.60 Å². The molecule has 188 valence electrons. The molecular weight excluding hydrogens is 451 g/mol. The number of ether oxygens (including phenoxy) is 1. The Bertz CT molecular complexity index is 1220. The molecule has 4 heterocycles. The first-order valence-corrected chi connectivity index (χ1v) is 12.3. The maximum atomic E-state index is 14.7. The lowest BCUT2D eigenvalue weighted by Crippen LogP contribution is -2.62. The van der Waals surface area contributed by atoms with Crippen molar-refractivity contribution in [2.75, 3.05) is 26.2 Å². The van der Waals surface area contributed by atoms with Crippen LogP contribution in [0.2, 0.25) is 0 Å². The zero-order chi connectivity index (χ0) is 24.9. The Morgan fingerprint density at radius 2 is 1.91 bits per heavy atom. The summed E-state index contributed by atoms with van der Waals surface area (Å²) >= 11 is 0. The lowest BCUT2D eigenvalue weighted by molar-refractivity contribution is -0.0201. The minimum atomic E-state index is -0.478. The number of halogens is 1. The van der Waals surface area contributed by atoms with Crippen molar-refractivity contribution in [3.05, 3.63) is 35.6 Å². The van der Waals surface area contributed by atoms with Gasteiger partial charge >= 0.3 is 6.09 Å². The molecule has 0 spiro atoms. The standard InChI is InChI=1S/C25H33FN6O3/c1-15(2)20-18-7-6-8-19(26)21(18)32(28-20)23-27-22(35-29-23)16-9-11-30(12-10-16)17-13-31(14-17)24(33)34-25(3,4)5/h6-8,15-17H,9-14H2,1-5H3. The number of aromatic nitrogens is 4. The lowest BCUT2D eigenvalue weighted by Gasteiger charge is -2.47. The average molecular weight is 485 g/mol. The Hall–Kier alpha value is -3.01. The Morgan fingerprint density at radius 1 is 1.20 bits per heavy atom. The van der Waals surface area contributed by atoms with Crippen molar-refractivity contribution in [3.63, 3.8) is 0 Å². The van der Waals surface area contributed by atoms with Crippen molar-refractivity contribution < 1.29 is 18.4 Å². The molecule has 0 bridgehead atoms. The number of piperidine rings is 1. The van der Waals surface area contributed by atoms with Crippen LogP contribution in [-0.2, 0) is 4.74 Å². The van der Waals surface area contributed by atoms with Crippen LogP contribution >= 0.6 is 0 Å². The van der Waals surface area contributed by atoms with Gasteiger partial charge in [-0.05, 0) is 63.8 Å². The van der Waals surface area contributed by atoms with Gasteiger partial charge in [0, 0.05) is 30.4 Å². The van der Waals surface area contributed by atoms with Gasteiger partial charge in [0.25, 0.3) is 5.95 Å². The predicted molar refractivity (Wildman–Crippen MR) is 128 cm³/mol. The summed E-state index contributed by atoms with van der Waals surface area (Å²) in [6, 6.07) is 5.35. The molecule has 0 radical (unpaired) electrons. The molecule has 2 aromatic heterocycles. The summed E-state index contributed by atoms with van der Waals surface area (Å²) < 4.78 is 27.2. The highest BCUT2D eigenvalue weighted by Crippen LogP contribution is 2.32. The molecule has 2 aliphatic heterocycles. The molecule has 5 rings (SSSR count). The minimum Gasteiger partial charge on any atom is -0.444 e. The zero-order valence-electron chi connectivity index (χ0n) is 21.0. The molecule has 3 aromatic rings. The SMILES string of the molecule is CC(C)c1nn(-c2noc(C3CCN(C4CN(C(=O)OC(C)(C)C)C4)CC3)n2)c2c(F)cccc12. The third kappa shape index (κ3) is 4.63. The van der Waals surface area contributed by atoms with Crippen LogP contribution in [-0.4, -0.2) is 73.6 Å². The molecule has 2 fully saturated rings. The van der Waals surface area contributed by atoms with Crippen LogP contribution in [0.3, 0.4) is 0 Å². The smallest absolute Gasteiger partial charge is 0.410 e. The van der Waals surface area contributed by atoms with Crippen LogP contribution in [0.1, 0.15) is 70.9 Å². The predicted octanol–water partition coefficient (Wildman–Crippen LogP) is 4.47. The van der Waals surface area contributed by atoms with E-state index in [2.05, 4.69) is 20.1 Å². The Labute approximate surface area is 204 Å². The molecule has 2 saturated heterocycles. The molecule has 2 aliphatic rings. The van der Waals surface area contributed by atoms with Gasteiger partial charge in [-0.2, -0.15) is 14.8 Å².